The van der Waals surface area contributed by atoms with Gasteiger partial charge in [-0.25, -0.2) is 0 Å². The minimum absolute atomic E-state index is 0.0570. The fraction of sp³-hybridized carbons (Fsp3) is 0.591. The van der Waals surface area contributed by atoms with Gasteiger partial charge in [-0.2, -0.15) is 0 Å². The molecule has 0 saturated carbocycles. The largest absolute Gasteiger partial charge is 0.370 e. The summed E-state index contributed by atoms with van der Waals surface area (Å²) in [5, 5.41) is 1.23. The molecule has 1 N–H and O–H groups in total. The van der Waals surface area contributed by atoms with Crippen molar-refractivity contribution in [3.05, 3.63) is 36.0 Å². The van der Waals surface area contributed by atoms with Crippen molar-refractivity contribution in [1.29, 1.82) is 0 Å². The Morgan fingerprint density at radius 2 is 2.00 bits per heavy atom. The highest BCUT2D eigenvalue weighted by molar-refractivity contribution is 5.84. The number of rotatable bonds is 4. The number of nitrogens with one attached hydrogen (secondary N) is 1. The number of carbonyl (C=O) groups is 1. The van der Waals surface area contributed by atoms with Crippen LogP contribution < -0.4 is 0 Å². The van der Waals surface area contributed by atoms with E-state index < -0.39 is 0 Å². The average Bonchev–Trinajstić information content (AvgIpc) is 3.31. The normalized spacial score (nSPS) is 25.2. The number of amides is 1. The highest BCUT2D eigenvalue weighted by atomic mass is 16.5. The lowest BCUT2D eigenvalue weighted by Crippen LogP contribution is -2.63. The molecule has 1 aromatic carbocycles. The van der Waals surface area contributed by atoms with Gasteiger partial charge < -0.3 is 14.6 Å². The van der Waals surface area contributed by atoms with Crippen LogP contribution in [0, 0.1) is 0 Å². The van der Waals surface area contributed by atoms with Crippen molar-refractivity contribution >= 4 is 16.8 Å². The van der Waals surface area contributed by atoms with Crippen molar-refractivity contribution in [2.24, 2.45) is 0 Å². The summed E-state index contributed by atoms with van der Waals surface area (Å²) in [7, 11) is 0. The van der Waals surface area contributed by atoms with Crippen molar-refractivity contribution < 1.29 is 9.53 Å². The molecule has 1 unspecified atom stereocenters. The first-order valence-electron chi connectivity index (χ1n) is 10.4. The fourth-order valence-corrected chi connectivity index (χ4v) is 5.12. The first-order valence-corrected chi connectivity index (χ1v) is 10.4. The molecule has 0 bridgehead atoms. The van der Waals surface area contributed by atoms with E-state index in [1.54, 1.807) is 0 Å². The summed E-state index contributed by atoms with van der Waals surface area (Å²) in [5.74, 6) is 0.260. The highest BCUT2D eigenvalue weighted by Crippen LogP contribution is 2.38. The third-order valence-corrected chi connectivity index (χ3v) is 6.69. The van der Waals surface area contributed by atoms with Crippen LogP contribution in [0.5, 0.6) is 0 Å². The van der Waals surface area contributed by atoms with Gasteiger partial charge in [-0.05, 0) is 50.4 Å². The monoisotopic (exact) mass is 367 g/mol. The molecule has 3 aliphatic rings. The predicted octanol–water partition coefficient (Wildman–Crippen LogP) is 2.96. The number of aromatic nitrogens is 1. The Kier molecular flexibility index (Phi) is 4.44. The molecule has 1 atom stereocenters. The van der Waals surface area contributed by atoms with E-state index >= 15 is 0 Å². The van der Waals surface area contributed by atoms with Gasteiger partial charge in [0.25, 0.3) is 0 Å². The van der Waals surface area contributed by atoms with Gasteiger partial charge in [0.2, 0.25) is 5.91 Å². The highest BCUT2D eigenvalue weighted by Gasteiger charge is 2.52. The number of aryl methyl sites for hydroxylation is 1. The maximum Gasteiger partial charge on any atom is 0.223 e. The summed E-state index contributed by atoms with van der Waals surface area (Å²) in [4.78, 5) is 20.5. The van der Waals surface area contributed by atoms with Crippen LogP contribution in [0.2, 0.25) is 0 Å². The second-order valence-electron chi connectivity index (χ2n) is 8.56. The Morgan fingerprint density at radius 1 is 1.19 bits per heavy atom. The third kappa shape index (κ3) is 3.27. The van der Waals surface area contributed by atoms with E-state index in [0.717, 1.165) is 38.1 Å². The van der Waals surface area contributed by atoms with E-state index in [-0.39, 0.29) is 11.5 Å². The number of nitrogens with zero attached hydrogens (tertiary/aromatic N) is 2. The van der Waals surface area contributed by atoms with Gasteiger partial charge in [0.15, 0.2) is 0 Å². The standard InChI is InChI=1S/C22H29N3O2/c26-21(9-8-17-13-23-20-7-3-2-6-19(17)20)25-15-22(16-25)12-18(14-27-22)24-10-4-1-5-11-24/h2-3,6-7,13,18,23H,1,4-5,8-12,14-16H2. The molecule has 5 nitrogen and oxygen atoms in total. The molecule has 1 aromatic heterocycles. The van der Waals surface area contributed by atoms with E-state index in [9.17, 15) is 4.79 Å². The van der Waals surface area contributed by atoms with Crippen LogP contribution >= 0.6 is 0 Å². The number of carbonyl (C=O) groups excluding carboxylic acids is 1. The molecule has 2 aromatic rings. The Balaban J connectivity index is 1.13. The number of piperidine rings is 1. The van der Waals surface area contributed by atoms with Gasteiger partial charge in [0.1, 0.15) is 5.60 Å². The number of hydrogen-bond donors (Lipinski definition) is 1. The lowest BCUT2D eigenvalue weighted by atomic mass is 9.88. The number of H-pyrrole nitrogens is 1. The summed E-state index contributed by atoms with van der Waals surface area (Å²) in [6.45, 7) is 4.85. The van der Waals surface area contributed by atoms with Crippen LogP contribution in [0.1, 0.15) is 37.7 Å². The Hall–Kier alpha value is -1.85. The minimum atomic E-state index is -0.0570. The minimum Gasteiger partial charge on any atom is -0.370 e. The van der Waals surface area contributed by atoms with Crippen LogP contribution in [-0.2, 0) is 16.0 Å². The number of hydrogen-bond acceptors (Lipinski definition) is 3. The second-order valence-corrected chi connectivity index (χ2v) is 8.56. The Bertz CT molecular complexity index is 818. The zero-order valence-electron chi connectivity index (χ0n) is 16.0. The second kappa shape index (κ2) is 6.95. The molecule has 3 fully saturated rings. The van der Waals surface area contributed by atoms with Gasteiger partial charge in [-0.3, -0.25) is 9.69 Å². The molecule has 0 radical (unpaired) electrons. The van der Waals surface area contributed by atoms with Crippen molar-refractivity contribution in [1.82, 2.24) is 14.8 Å². The molecule has 5 heteroatoms. The zero-order valence-corrected chi connectivity index (χ0v) is 16.0. The molecule has 3 aliphatic heterocycles. The van der Waals surface area contributed by atoms with Gasteiger partial charge >= 0.3 is 0 Å². The van der Waals surface area contributed by atoms with Crippen LogP contribution in [0.3, 0.4) is 0 Å². The summed E-state index contributed by atoms with van der Waals surface area (Å²) in [6.07, 6.45) is 8.52. The molecular formula is C22H29N3O2. The van der Waals surface area contributed by atoms with E-state index in [4.69, 9.17) is 4.74 Å². The number of fused-ring (bicyclic) bond motifs is 1. The maximum absolute atomic E-state index is 12.6. The quantitative estimate of drug-likeness (QED) is 0.904. The zero-order chi connectivity index (χ0) is 18.3. The SMILES string of the molecule is O=C(CCc1c[nH]c2ccccc12)N1CC2(CC(N3CCCCC3)CO2)C1. The number of para-hydroxylation sites is 1. The summed E-state index contributed by atoms with van der Waals surface area (Å²) in [6, 6.07) is 8.85. The molecule has 3 saturated heterocycles. The average molecular weight is 367 g/mol. The summed E-state index contributed by atoms with van der Waals surface area (Å²) in [5.41, 5.74) is 2.32. The topological polar surface area (TPSA) is 48.6 Å². The molecule has 5 rings (SSSR count). The van der Waals surface area contributed by atoms with E-state index in [0.29, 0.717) is 12.5 Å². The van der Waals surface area contributed by atoms with E-state index in [1.165, 1.54) is 43.3 Å². The fourth-order valence-electron chi connectivity index (χ4n) is 5.12. The molecule has 0 aliphatic carbocycles. The Morgan fingerprint density at radius 3 is 2.85 bits per heavy atom. The maximum atomic E-state index is 12.6. The number of benzene rings is 1. The van der Waals surface area contributed by atoms with Crippen LogP contribution in [0.15, 0.2) is 30.5 Å². The van der Waals surface area contributed by atoms with Gasteiger partial charge in [0, 0.05) is 29.6 Å². The lowest BCUT2D eigenvalue weighted by Gasteiger charge is -2.47. The Labute approximate surface area is 160 Å². The first kappa shape index (κ1) is 17.3. The van der Waals surface area contributed by atoms with Crippen molar-refractivity contribution in [3.8, 4) is 0 Å². The lowest BCUT2D eigenvalue weighted by molar-refractivity contribution is -0.157. The molecule has 144 valence electrons. The van der Waals surface area contributed by atoms with Gasteiger partial charge in [-0.15, -0.1) is 0 Å². The molecule has 1 spiro atoms. The summed E-state index contributed by atoms with van der Waals surface area (Å²) < 4.78 is 6.19. The van der Waals surface area contributed by atoms with Gasteiger partial charge in [0.05, 0.1) is 19.7 Å². The number of likely N-dealkylation sites (tertiary alicyclic amines) is 2. The van der Waals surface area contributed by atoms with Crippen LogP contribution in [0.25, 0.3) is 10.9 Å². The van der Waals surface area contributed by atoms with E-state index in [2.05, 4.69) is 28.1 Å². The van der Waals surface area contributed by atoms with E-state index in [1.807, 2.05) is 17.2 Å². The predicted molar refractivity (Wildman–Crippen MR) is 106 cm³/mol. The third-order valence-electron chi connectivity index (χ3n) is 6.69. The van der Waals surface area contributed by atoms with Crippen molar-refractivity contribution in [2.45, 2.75) is 50.2 Å². The summed E-state index contributed by atoms with van der Waals surface area (Å²) >= 11 is 0. The van der Waals surface area contributed by atoms with Crippen molar-refractivity contribution in [2.75, 3.05) is 32.8 Å². The van der Waals surface area contributed by atoms with Crippen molar-refractivity contribution in [3.63, 3.8) is 0 Å². The van der Waals surface area contributed by atoms with Crippen LogP contribution in [0.4, 0.5) is 0 Å². The van der Waals surface area contributed by atoms with Gasteiger partial charge in [-0.1, -0.05) is 24.6 Å². The number of aromatic amines is 1. The number of ether oxygens (including phenoxy) is 1. The van der Waals surface area contributed by atoms with Crippen LogP contribution in [-0.4, -0.2) is 65.1 Å². The molecule has 4 heterocycles. The molecule has 27 heavy (non-hydrogen) atoms. The first-order chi connectivity index (χ1) is 13.2. The molecular weight excluding hydrogens is 338 g/mol. The smallest absolute Gasteiger partial charge is 0.223 e. The molecule has 1 amide bonds.